The minimum Gasteiger partial charge on any atom is -0.370 e. The Bertz CT molecular complexity index is 1410. The molecule has 37 heavy (non-hydrogen) atoms. The molecule has 0 bridgehead atoms. The van der Waals surface area contributed by atoms with Gasteiger partial charge in [-0.2, -0.15) is 0 Å². The topological polar surface area (TPSA) is 137 Å². The van der Waals surface area contributed by atoms with E-state index in [1.807, 2.05) is 21.4 Å². The quantitative estimate of drug-likeness (QED) is 0.323. The molecule has 0 amide bonds. The highest BCUT2D eigenvalue weighted by Crippen LogP contribution is 2.31. The summed E-state index contributed by atoms with van der Waals surface area (Å²) in [4.78, 5) is 3.73. The molecular formula is C28H33N9. The first kappa shape index (κ1) is 24.3. The van der Waals surface area contributed by atoms with Crippen molar-refractivity contribution in [3.8, 4) is 22.8 Å². The molecule has 6 N–H and O–H groups in total. The van der Waals surface area contributed by atoms with Gasteiger partial charge in [-0.3, -0.25) is 10.8 Å². The average Bonchev–Trinajstić information content (AvgIpc) is 3.29. The maximum Gasteiger partial charge on any atom is 0.188 e. The van der Waals surface area contributed by atoms with Crippen LogP contribution in [-0.2, 0) is 7.05 Å². The van der Waals surface area contributed by atoms with Crippen molar-refractivity contribution in [1.29, 1.82) is 10.8 Å². The van der Waals surface area contributed by atoms with Gasteiger partial charge in [0, 0.05) is 44.4 Å². The number of hydrogen-bond acceptors (Lipinski definition) is 4. The van der Waals surface area contributed by atoms with Crippen LogP contribution in [0.25, 0.3) is 33.9 Å². The molecule has 2 aliphatic rings. The van der Waals surface area contributed by atoms with Crippen LogP contribution in [0.1, 0.15) is 29.5 Å². The van der Waals surface area contributed by atoms with Crippen molar-refractivity contribution < 1.29 is 0 Å². The predicted molar refractivity (Wildman–Crippen MR) is 149 cm³/mol. The van der Waals surface area contributed by atoms with E-state index in [0.29, 0.717) is 13.1 Å². The molecule has 9 nitrogen and oxygen atoms in total. The van der Waals surface area contributed by atoms with Gasteiger partial charge < -0.3 is 25.8 Å². The fourth-order valence-electron chi connectivity index (χ4n) is 5.06. The molecule has 0 saturated heterocycles. The zero-order valence-corrected chi connectivity index (χ0v) is 21.3. The van der Waals surface area contributed by atoms with E-state index < -0.39 is 0 Å². The lowest BCUT2D eigenvalue weighted by molar-refractivity contribution is 0.451. The third-order valence-corrected chi connectivity index (χ3v) is 7.33. The Morgan fingerprint density at radius 2 is 1.27 bits per heavy atom. The summed E-state index contributed by atoms with van der Waals surface area (Å²) in [5.41, 5.74) is 19.4. The standard InChI is InChI=1S/C28H33N9/c1-18-17-23(21-11-15-37(16-12-21)28(31)32)7-8-24(18)26-34-33-25(35(26)2)22-5-3-19(4-6-22)20-9-13-36(14-10-20)27(29)30/h3-9,11,17H,10,12-16H2,1-2H3,(H3,29,30)(H3,31,32). The van der Waals surface area contributed by atoms with Gasteiger partial charge in [0.25, 0.3) is 0 Å². The lowest BCUT2D eigenvalue weighted by Crippen LogP contribution is -2.39. The van der Waals surface area contributed by atoms with Gasteiger partial charge in [0.1, 0.15) is 0 Å². The molecule has 3 heterocycles. The van der Waals surface area contributed by atoms with Gasteiger partial charge in [0.15, 0.2) is 23.6 Å². The normalized spacial score (nSPS) is 15.8. The second kappa shape index (κ2) is 9.93. The number of aryl methyl sites for hydroxylation is 1. The Hall–Kier alpha value is -4.40. The molecule has 5 rings (SSSR count). The van der Waals surface area contributed by atoms with Gasteiger partial charge >= 0.3 is 0 Å². The SMILES string of the molecule is Cc1cc(C2=CCN(C(=N)N)CC2)ccc1-c1nnc(-c2ccc(C3=CCN(C(=N)N)CC3)cc2)n1C. The lowest BCUT2D eigenvalue weighted by atomic mass is 9.95. The van der Waals surface area contributed by atoms with E-state index in [4.69, 9.17) is 22.3 Å². The van der Waals surface area contributed by atoms with Crippen molar-refractivity contribution in [2.24, 2.45) is 18.5 Å². The van der Waals surface area contributed by atoms with Crippen LogP contribution >= 0.6 is 0 Å². The first-order valence-corrected chi connectivity index (χ1v) is 12.5. The third-order valence-electron chi connectivity index (χ3n) is 7.33. The predicted octanol–water partition coefficient (Wildman–Crippen LogP) is 3.42. The number of aromatic nitrogens is 3. The van der Waals surface area contributed by atoms with E-state index in [2.05, 4.69) is 71.7 Å². The van der Waals surface area contributed by atoms with Gasteiger partial charge in [-0.15, -0.1) is 10.2 Å². The molecule has 0 unspecified atom stereocenters. The molecule has 2 aliphatic heterocycles. The highest BCUT2D eigenvalue weighted by molar-refractivity contribution is 5.79. The Kier molecular flexibility index (Phi) is 6.52. The molecule has 0 spiro atoms. The molecule has 9 heteroatoms. The first-order chi connectivity index (χ1) is 17.8. The zero-order chi connectivity index (χ0) is 26.1. The van der Waals surface area contributed by atoms with Crippen molar-refractivity contribution in [2.45, 2.75) is 19.8 Å². The number of benzene rings is 2. The fourth-order valence-corrected chi connectivity index (χ4v) is 5.06. The number of rotatable bonds is 4. The minimum atomic E-state index is 0.126. The summed E-state index contributed by atoms with van der Waals surface area (Å²) >= 11 is 0. The zero-order valence-electron chi connectivity index (χ0n) is 21.3. The van der Waals surface area contributed by atoms with Crippen LogP contribution in [-0.4, -0.2) is 62.7 Å². The van der Waals surface area contributed by atoms with Gasteiger partial charge in [-0.25, -0.2) is 0 Å². The monoisotopic (exact) mass is 495 g/mol. The number of nitrogens with two attached hydrogens (primary N) is 2. The molecule has 2 aromatic carbocycles. The summed E-state index contributed by atoms with van der Waals surface area (Å²) in [7, 11) is 2.01. The van der Waals surface area contributed by atoms with E-state index >= 15 is 0 Å². The van der Waals surface area contributed by atoms with Gasteiger partial charge in [-0.05, 0) is 47.6 Å². The molecule has 0 fully saturated rings. The third kappa shape index (κ3) is 4.84. The number of guanidine groups is 2. The lowest BCUT2D eigenvalue weighted by Gasteiger charge is -2.26. The van der Waals surface area contributed by atoms with Crippen LogP contribution in [0.2, 0.25) is 0 Å². The number of hydrogen-bond donors (Lipinski definition) is 4. The second-order valence-corrected chi connectivity index (χ2v) is 9.63. The summed E-state index contributed by atoms with van der Waals surface area (Å²) in [6.45, 7) is 4.98. The largest absolute Gasteiger partial charge is 0.370 e. The van der Waals surface area contributed by atoms with E-state index in [0.717, 1.165) is 54.3 Å². The van der Waals surface area contributed by atoms with Gasteiger partial charge in [0.05, 0.1) is 0 Å². The Balaban J connectivity index is 1.34. The summed E-state index contributed by atoms with van der Waals surface area (Å²) in [5.74, 6) is 1.91. The maximum atomic E-state index is 7.62. The molecular weight excluding hydrogens is 462 g/mol. The number of nitrogens with zero attached hydrogens (tertiary/aromatic N) is 5. The maximum absolute atomic E-state index is 7.62. The van der Waals surface area contributed by atoms with Gasteiger partial charge in [0.2, 0.25) is 0 Å². The average molecular weight is 496 g/mol. The summed E-state index contributed by atoms with van der Waals surface area (Å²) in [6, 6.07) is 14.9. The summed E-state index contributed by atoms with van der Waals surface area (Å²) in [5, 5.41) is 24.3. The second-order valence-electron chi connectivity index (χ2n) is 9.63. The molecule has 0 saturated carbocycles. The van der Waals surface area contributed by atoms with Crippen LogP contribution in [0, 0.1) is 17.7 Å². The molecule has 190 valence electrons. The van der Waals surface area contributed by atoms with Crippen LogP contribution in [0.4, 0.5) is 0 Å². The van der Waals surface area contributed by atoms with E-state index in [9.17, 15) is 0 Å². The summed E-state index contributed by atoms with van der Waals surface area (Å²) in [6.07, 6.45) is 6.05. The molecule has 0 atom stereocenters. The molecule has 3 aromatic rings. The highest BCUT2D eigenvalue weighted by Gasteiger charge is 2.18. The number of nitrogens with one attached hydrogen (secondary N) is 2. The van der Waals surface area contributed by atoms with E-state index in [-0.39, 0.29) is 11.9 Å². The van der Waals surface area contributed by atoms with Crippen molar-refractivity contribution in [1.82, 2.24) is 24.6 Å². The Labute approximate surface area is 217 Å². The molecule has 0 radical (unpaired) electrons. The van der Waals surface area contributed by atoms with E-state index in [1.54, 1.807) is 0 Å². The Morgan fingerprint density at radius 1 is 0.757 bits per heavy atom. The molecule has 0 aliphatic carbocycles. The highest BCUT2D eigenvalue weighted by atomic mass is 15.3. The molecule has 1 aromatic heterocycles. The van der Waals surface area contributed by atoms with Crippen LogP contribution in [0.5, 0.6) is 0 Å². The van der Waals surface area contributed by atoms with Gasteiger partial charge in [-0.1, -0.05) is 54.6 Å². The summed E-state index contributed by atoms with van der Waals surface area (Å²) < 4.78 is 2.05. The van der Waals surface area contributed by atoms with Crippen molar-refractivity contribution in [2.75, 3.05) is 26.2 Å². The van der Waals surface area contributed by atoms with E-state index in [1.165, 1.54) is 22.3 Å². The Morgan fingerprint density at radius 3 is 1.78 bits per heavy atom. The van der Waals surface area contributed by atoms with Crippen molar-refractivity contribution >= 4 is 23.1 Å². The fraction of sp³-hybridized carbons (Fsp3) is 0.286. The van der Waals surface area contributed by atoms with Crippen molar-refractivity contribution in [3.05, 3.63) is 71.3 Å². The minimum absolute atomic E-state index is 0.126. The van der Waals surface area contributed by atoms with Crippen LogP contribution in [0.3, 0.4) is 0 Å². The van der Waals surface area contributed by atoms with Crippen molar-refractivity contribution in [3.63, 3.8) is 0 Å². The smallest absolute Gasteiger partial charge is 0.188 e. The van der Waals surface area contributed by atoms with Crippen LogP contribution in [0.15, 0.2) is 54.6 Å². The first-order valence-electron chi connectivity index (χ1n) is 12.5. The van der Waals surface area contributed by atoms with Crippen LogP contribution < -0.4 is 11.5 Å².